The summed E-state index contributed by atoms with van der Waals surface area (Å²) in [7, 11) is 1.69. The van der Waals surface area contributed by atoms with Crippen LogP contribution in [-0.2, 0) is 0 Å². The van der Waals surface area contributed by atoms with Gasteiger partial charge >= 0.3 is 6.03 Å². The number of fused-ring (bicyclic) bond motifs is 1. The number of carbonyl (C=O) groups excluding carboxylic acids is 1. The molecule has 2 heterocycles. The molecule has 2 amide bonds. The molecule has 0 bridgehead atoms. The highest BCUT2D eigenvalue weighted by Crippen LogP contribution is 2.26. The lowest BCUT2D eigenvalue weighted by atomic mass is 10.0. The highest BCUT2D eigenvalue weighted by atomic mass is 19.1. The third-order valence-corrected chi connectivity index (χ3v) is 5.29. The molecule has 0 aliphatic heterocycles. The predicted molar refractivity (Wildman–Crippen MR) is 133 cm³/mol. The SMILES string of the molecule is CNc1ncc2cc(-c3ccc(F)c(NC(=O)Nc4cccc(C#N)c4)c3)c(=O)n(C(C)C)c2n1. The molecule has 0 radical (unpaired) electrons. The third-order valence-electron chi connectivity index (χ3n) is 5.29. The molecule has 4 aromatic rings. The molecule has 0 atom stereocenters. The van der Waals surface area contributed by atoms with Crippen molar-refractivity contribution < 1.29 is 9.18 Å². The minimum atomic E-state index is -0.692. The van der Waals surface area contributed by atoms with Crippen LogP contribution in [0.4, 0.5) is 26.5 Å². The van der Waals surface area contributed by atoms with Crippen molar-refractivity contribution in [2.45, 2.75) is 19.9 Å². The van der Waals surface area contributed by atoms with E-state index >= 15 is 0 Å². The zero-order valence-electron chi connectivity index (χ0n) is 19.3. The highest BCUT2D eigenvalue weighted by Gasteiger charge is 2.17. The van der Waals surface area contributed by atoms with Crippen LogP contribution < -0.4 is 21.5 Å². The summed E-state index contributed by atoms with van der Waals surface area (Å²) in [6.07, 6.45) is 1.61. The molecule has 0 aliphatic carbocycles. The van der Waals surface area contributed by atoms with Gasteiger partial charge in [-0.2, -0.15) is 10.2 Å². The molecule has 176 valence electrons. The Morgan fingerprint density at radius 2 is 1.94 bits per heavy atom. The number of pyridine rings is 1. The summed E-state index contributed by atoms with van der Waals surface area (Å²) in [5.74, 6) is -0.278. The maximum atomic E-state index is 14.6. The number of benzene rings is 2. The number of nitrogens with one attached hydrogen (secondary N) is 3. The number of nitrogens with zero attached hydrogens (tertiary/aromatic N) is 4. The molecule has 0 aliphatic rings. The maximum absolute atomic E-state index is 14.6. The number of anilines is 3. The Labute approximate surface area is 200 Å². The molecule has 4 rings (SSSR count). The maximum Gasteiger partial charge on any atom is 0.323 e. The standard InChI is InChI=1S/C25H22FN7O2/c1-14(2)33-22-17(13-29-24(28-3)32-22)10-19(23(33)34)16-7-8-20(26)21(11-16)31-25(35)30-18-6-4-5-15(9-18)12-27/h4-11,13-14H,1-3H3,(H,28,29,32)(H2,30,31,35). The Bertz CT molecular complexity index is 1540. The molecule has 0 fully saturated rings. The monoisotopic (exact) mass is 471 g/mol. The van der Waals surface area contributed by atoms with E-state index in [9.17, 15) is 14.0 Å². The molecule has 3 N–H and O–H groups in total. The summed E-state index contributed by atoms with van der Waals surface area (Å²) in [6.45, 7) is 3.74. The van der Waals surface area contributed by atoms with Gasteiger partial charge in [-0.15, -0.1) is 0 Å². The van der Waals surface area contributed by atoms with E-state index in [0.29, 0.717) is 39.4 Å². The van der Waals surface area contributed by atoms with Crippen LogP contribution in [-0.4, -0.2) is 27.6 Å². The van der Waals surface area contributed by atoms with Crippen molar-refractivity contribution in [2.75, 3.05) is 23.0 Å². The van der Waals surface area contributed by atoms with Crippen LogP contribution in [0.25, 0.3) is 22.2 Å². The van der Waals surface area contributed by atoms with Crippen LogP contribution >= 0.6 is 0 Å². The topological polar surface area (TPSA) is 125 Å². The number of aromatic nitrogens is 3. The Balaban J connectivity index is 1.72. The van der Waals surface area contributed by atoms with Crippen molar-refractivity contribution in [2.24, 2.45) is 0 Å². The van der Waals surface area contributed by atoms with Crippen LogP contribution in [0.5, 0.6) is 0 Å². The summed E-state index contributed by atoms with van der Waals surface area (Å²) < 4.78 is 16.1. The molecule has 0 unspecified atom stereocenters. The molecule has 9 nitrogen and oxygen atoms in total. The van der Waals surface area contributed by atoms with E-state index in [1.807, 2.05) is 19.9 Å². The fourth-order valence-electron chi connectivity index (χ4n) is 3.67. The second-order valence-electron chi connectivity index (χ2n) is 8.02. The average Bonchev–Trinajstić information content (AvgIpc) is 2.84. The highest BCUT2D eigenvalue weighted by molar-refractivity contribution is 6.00. The number of halogens is 1. The summed E-state index contributed by atoms with van der Waals surface area (Å²) in [5.41, 5.74) is 1.57. The fraction of sp³-hybridized carbons (Fsp3) is 0.160. The molecule has 2 aromatic carbocycles. The summed E-state index contributed by atoms with van der Waals surface area (Å²) in [5, 5.41) is 17.5. The van der Waals surface area contributed by atoms with Crippen LogP contribution in [0.3, 0.4) is 0 Å². The van der Waals surface area contributed by atoms with E-state index in [1.165, 1.54) is 24.3 Å². The summed E-state index contributed by atoms with van der Waals surface area (Å²) in [6, 6.07) is 13.1. The Morgan fingerprint density at radius 3 is 2.66 bits per heavy atom. The van der Waals surface area contributed by atoms with Gasteiger partial charge in [0.25, 0.3) is 5.56 Å². The number of carbonyl (C=O) groups is 1. The molecule has 0 saturated carbocycles. The lowest BCUT2D eigenvalue weighted by molar-refractivity contribution is 0.262. The number of hydrogen-bond donors (Lipinski definition) is 3. The molecule has 10 heteroatoms. The number of rotatable bonds is 5. The minimum absolute atomic E-state index is 0.103. The predicted octanol–water partition coefficient (Wildman–Crippen LogP) is 4.74. The first-order valence-corrected chi connectivity index (χ1v) is 10.8. The smallest absolute Gasteiger partial charge is 0.323 e. The van der Waals surface area contributed by atoms with Crippen LogP contribution in [0.15, 0.2) is 59.5 Å². The molecular weight excluding hydrogens is 449 g/mol. The average molecular weight is 471 g/mol. The lowest BCUT2D eigenvalue weighted by Gasteiger charge is -2.16. The van der Waals surface area contributed by atoms with Gasteiger partial charge in [0.2, 0.25) is 5.95 Å². The minimum Gasteiger partial charge on any atom is -0.357 e. The van der Waals surface area contributed by atoms with Crippen molar-refractivity contribution >= 4 is 34.4 Å². The van der Waals surface area contributed by atoms with Gasteiger partial charge in [0.1, 0.15) is 11.5 Å². The molecule has 0 saturated heterocycles. The third kappa shape index (κ3) is 4.79. The van der Waals surface area contributed by atoms with E-state index in [2.05, 4.69) is 25.9 Å². The van der Waals surface area contributed by atoms with Crippen LogP contribution in [0.1, 0.15) is 25.5 Å². The second-order valence-corrected chi connectivity index (χ2v) is 8.02. The van der Waals surface area contributed by atoms with Crippen molar-refractivity contribution in [3.63, 3.8) is 0 Å². The van der Waals surface area contributed by atoms with Crippen molar-refractivity contribution in [1.29, 1.82) is 5.26 Å². The van der Waals surface area contributed by atoms with Crippen LogP contribution in [0, 0.1) is 17.1 Å². The zero-order valence-corrected chi connectivity index (χ0v) is 19.3. The largest absolute Gasteiger partial charge is 0.357 e. The Kier molecular flexibility index (Phi) is 6.42. The van der Waals surface area contributed by atoms with E-state index in [1.54, 1.807) is 42.1 Å². The Morgan fingerprint density at radius 1 is 1.14 bits per heavy atom. The molecule has 0 spiro atoms. The van der Waals surface area contributed by atoms with E-state index in [0.717, 1.165) is 0 Å². The van der Waals surface area contributed by atoms with Crippen molar-refractivity contribution in [1.82, 2.24) is 14.5 Å². The van der Waals surface area contributed by atoms with Crippen LogP contribution in [0.2, 0.25) is 0 Å². The van der Waals surface area contributed by atoms with Gasteiger partial charge in [0.05, 0.1) is 17.3 Å². The molecule has 35 heavy (non-hydrogen) atoms. The first-order chi connectivity index (χ1) is 16.8. The van der Waals surface area contributed by atoms with Gasteiger partial charge < -0.3 is 16.0 Å². The van der Waals surface area contributed by atoms with Gasteiger partial charge in [-0.1, -0.05) is 12.1 Å². The molecular formula is C25H22FN7O2. The number of hydrogen-bond acceptors (Lipinski definition) is 6. The zero-order chi connectivity index (χ0) is 25.1. The van der Waals surface area contributed by atoms with E-state index in [-0.39, 0.29) is 17.3 Å². The number of amides is 2. The quantitative estimate of drug-likeness (QED) is 0.386. The Hall–Kier alpha value is -4.78. The lowest BCUT2D eigenvalue weighted by Crippen LogP contribution is -2.25. The molecule has 2 aromatic heterocycles. The van der Waals surface area contributed by atoms with Gasteiger partial charge in [0.15, 0.2) is 0 Å². The fourth-order valence-corrected chi connectivity index (χ4v) is 3.67. The van der Waals surface area contributed by atoms with Crippen molar-refractivity contribution in [3.8, 4) is 17.2 Å². The summed E-state index contributed by atoms with van der Waals surface area (Å²) >= 11 is 0. The summed E-state index contributed by atoms with van der Waals surface area (Å²) in [4.78, 5) is 34.5. The van der Waals surface area contributed by atoms with Gasteiger partial charge in [-0.3, -0.25) is 9.36 Å². The second kappa shape index (κ2) is 9.61. The van der Waals surface area contributed by atoms with E-state index < -0.39 is 11.8 Å². The van der Waals surface area contributed by atoms with Gasteiger partial charge in [0, 0.05) is 35.9 Å². The first kappa shape index (κ1) is 23.4. The van der Waals surface area contributed by atoms with Gasteiger partial charge in [-0.05, 0) is 55.8 Å². The normalized spacial score (nSPS) is 10.7. The number of urea groups is 1. The van der Waals surface area contributed by atoms with Gasteiger partial charge in [-0.25, -0.2) is 14.2 Å². The van der Waals surface area contributed by atoms with Crippen molar-refractivity contribution in [3.05, 3.63) is 76.5 Å². The first-order valence-electron chi connectivity index (χ1n) is 10.8. The van der Waals surface area contributed by atoms with E-state index in [4.69, 9.17) is 5.26 Å². The number of nitriles is 1.